The summed E-state index contributed by atoms with van der Waals surface area (Å²) in [4.78, 5) is 11.2. The van der Waals surface area contributed by atoms with Crippen molar-refractivity contribution in [2.24, 2.45) is 10.2 Å². The molecule has 0 radical (unpaired) electrons. The standard InChI is InChI=1S/C12H13N3O3S/c1-7-11(17)14-12(19-7)15-13-6-8-5-9(18-2)3-4-10(8)16/h3-7,16H,1-2H3,(H,14,15,17)/b13-6-/t7-/m1/s1. The second-order valence-electron chi connectivity index (χ2n) is 3.82. The number of carbonyl (C=O) groups is 1. The van der Waals surface area contributed by atoms with Crippen LogP contribution in [-0.4, -0.2) is 34.8 Å². The van der Waals surface area contributed by atoms with Crippen LogP contribution in [0.5, 0.6) is 11.5 Å². The van der Waals surface area contributed by atoms with Gasteiger partial charge in [0.25, 0.3) is 0 Å². The van der Waals surface area contributed by atoms with Crippen LogP contribution in [0.4, 0.5) is 0 Å². The van der Waals surface area contributed by atoms with Crippen molar-refractivity contribution < 1.29 is 14.6 Å². The molecule has 6 nitrogen and oxygen atoms in total. The number of nitrogens with one attached hydrogen (secondary N) is 1. The first-order chi connectivity index (χ1) is 9.10. The second kappa shape index (κ2) is 5.75. The largest absolute Gasteiger partial charge is 0.507 e. The first-order valence-corrected chi connectivity index (χ1v) is 6.43. The van der Waals surface area contributed by atoms with Gasteiger partial charge in [0, 0.05) is 5.56 Å². The Morgan fingerprint density at radius 3 is 2.95 bits per heavy atom. The van der Waals surface area contributed by atoms with E-state index >= 15 is 0 Å². The van der Waals surface area contributed by atoms with E-state index in [1.165, 1.54) is 24.0 Å². The van der Waals surface area contributed by atoms with Gasteiger partial charge in [0.1, 0.15) is 11.5 Å². The number of amidine groups is 1. The van der Waals surface area contributed by atoms with Gasteiger partial charge in [-0.2, -0.15) is 5.10 Å². The van der Waals surface area contributed by atoms with Gasteiger partial charge in [-0.15, -0.1) is 5.10 Å². The summed E-state index contributed by atoms with van der Waals surface area (Å²) < 4.78 is 5.05. The molecular formula is C12H13N3O3S. The molecular weight excluding hydrogens is 266 g/mol. The van der Waals surface area contributed by atoms with Crippen molar-refractivity contribution in [2.45, 2.75) is 12.2 Å². The minimum absolute atomic E-state index is 0.0804. The summed E-state index contributed by atoms with van der Waals surface area (Å²) in [5.41, 5.74) is 0.492. The van der Waals surface area contributed by atoms with Crippen molar-refractivity contribution in [3.05, 3.63) is 23.8 Å². The molecule has 0 unspecified atom stereocenters. The molecule has 0 aliphatic carbocycles. The van der Waals surface area contributed by atoms with Crippen LogP contribution in [0.3, 0.4) is 0 Å². The number of rotatable bonds is 3. The van der Waals surface area contributed by atoms with Crippen LogP contribution < -0.4 is 10.1 Å². The zero-order chi connectivity index (χ0) is 13.8. The van der Waals surface area contributed by atoms with Gasteiger partial charge in [0.15, 0.2) is 5.17 Å². The van der Waals surface area contributed by atoms with E-state index in [4.69, 9.17) is 4.74 Å². The van der Waals surface area contributed by atoms with Crippen molar-refractivity contribution in [1.82, 2.24) is 5.32 Å². The molecule has 1 fully saturated rings. The molecule has 0 bridgehead atoms. The topological polar surface area (TPSA) is 83.3 Å². The summed E-state index contributed by atoms with van der Waals surface area (Å²) in [6, 6.07) is 4.80. The number of benzene rings is 1. The first-order valence-electron chi connectivity index (χ1n) is 5.55. The third-order valence-corrected chi connectivity index (χ3v) is 3.44. The zero-order valence-corrected chi connectivity index (χ0v) is 11.3. The fraction of sp³-hybridized carbons (Fsp3) is 0.250. The smallest absolute Gasteiger partial charge is 0.239 e. The number of phenols is 1. The molecule has 1 atom stereocenters. The number of ether oxygens (including phenoxy) is 1. The molecule has 1 aromatic rings. The van der Waals surface area contributed by atoms with E-state index in [9.17, 15) is 9.90 Å². The maximum absolute atomic E-state index is 11.2. The summed E-state index contributed by atoms with van der Waals surface area (Å²) in [7, 11) is 1.54. The number of nitrogens with zero attached hydrogens (tertiary/aromatic N) is 2. The lowest BCUT2D eigenvalue weighted by molar-refractivity contribution is -0.118. The van der Waals surface area contributed by atoms with Crippen molar-refractivity contribution in [1.29, 1.82) is 0 Å². The van der Waals surface area contributed by atoms with E-state index < -0.39 is 0 Å². The Hall–Kier alpha value is -2.02. The number of hydrogen-bond donors (Lipinski definition) is 2. The van der Waals surface area contributed by atoms with Crippen LogP contribution in [0.2, 0.25) is 0 Å². The Morgan fingerprint density at radius 1 is 1.53 bits per heavy atom. The molecule has 0 saturated carbocycles. The molecule has 2 N–H and O–H groups in total. The zero-order valence-electron chi connectivity index (χ0n) is 10.5. The maximum atomic E-state index is 11.2. The monoisotopic (exact) mass is 279 g/mol. The summed E-state index contributed by atoms with van der Waals surface area (Å²) in [5, 5.41) is 20.3. The molecule has 2 rings (SSSR count). The van der Waals surface area contributed by atoms with E-state index in [1.807, 2.05) is 0 Å². The minimum Gasteiger partial charge on any atom is -0.507 e. The maximum Gasteiger partial charge on any atom is 0.239 e. The summed E-state index contributed by atoms with van der Waals surface area (Å²) in [6.45, 7) is 1.79. The molecule has 0 spiro atoms. The highest BCUT2D eigenvalue weighted by Crippen LogP contribution is 2.21. The average molecular weight is 279 g/mol. The minimum atomic E-state index is -0.154. The van der Waals surface area contributed by atoms with Crippen molar-refractivity contribution in [3.8, 4) is 11.5 Å². The Kier molecular flexibility index (Phi) is 4.06. The normalized spacial score (nSPS) is 21.1. The summed E-state index contributed by atoms with van der Waals surface area (Å²) in [6.07, 6.45) is 1.40. The highest BCUT2D eigenvalue weighted by atomic mass is 32.2. The van der Waals surface area contributed by atoms with E-state index in [-0.39, 0.29) is 16.9 Å². The van der Waals surface area contributed by atoms with E-state index in [2.05, 4.69) is 15.5 Å². The Bertz CT molecular complexity index is 557. The van der Waals surface area contributed by atoms with Gasteiger partial charge in [0.05, 0.1) is 18.6 Å². The molecule has 1 amide bonds. The number of carbonyl (C=O) groups excluding carboxylic acids is 1. The molecule has 1 aliphatic heterocycles. The summed E-state index contributed by atoms with van der Waals surface area (Å²) in [5.74, 6) is 0.619. The van der Waals surface area contributed by atoms with Crippen molar-refractivity contribution >= 4 is 29.1 Å². The Balaban J connectivity index is 2.11. The number of thioether (sulfide) groups is 1. The van der Waals surface area contributed by atoms with Gasteiger partial charge >= 0.3 is 0 Å². The highest BCUT2D eigenvalue weighted by molar-refractivity contribution is 8.15. The third-order valence-electron chi connectivity index (χ3n) is 2.47. The Labute approximate surface area is 114 Å². The van der Waals surface area contributed by atoms with Crippen LogP contribution in [0.25, 0.3) is 0 Å². The number of methoxy groups -OCH3 is 1. The molecule has 1 heterocycles. The molecule has 100 valence electrons. The van der Waals surface area contributed by atoms with Gasteiger partial charge in [-0.3, -0.25) is 4.79 Å². The van der Waals surface area contributed by atoms with Crippen LogP contribution in [0, 0.1) is 0 Å². The van der Waals surface area contributed by atoms with Gasteiger partial charge in [-0.25, -0.2) is 0 Å². The highest BCUT2D eigenvalue weighted by Gasteiger charge is 2.25. The fourth-order valence-corrected chi connectivity index (χ4v) is 2.17. The lowest BCUT2D eigenvalue weighted by atomic mass is 10.2. The number of aromatic hydroxyl groups is 1. The summed E-state index contributed by atoms with van der Waals surface area (Å²) >= 11 is 1.31. The third kappa shape index (κ3) is 3.25. The van der Waals surface area contributed by atoms with Gasteiger partial charge < -0.3 is 15.2 Å². The van der Waals surface area contributed by atoms with Crippen LogP contribution in [0.1, 0.15) is 12.5 Å². The predicted molar refractivity (Wildman–Crippen MR) is 74.9 cm³/mol. The van der Waals surface area contributed by atoms with Crippen molar-refractivity contribution in [3.63, 3.8) is 0 Å². The lowest BCUT2D eigenvalue weighted by Crippen LogP contribution is -2.23. The SMILES string of the molecule is COc1ccc(O)c(/C=N\N=C2NC(=O)[C@@H](C)S2)c1. The van der Waals surface area contributed by atoms with Crippen LogP contribution in [-0.2, 0) is 4.79 Å². The molecule has 1 saturated heterocycles. The van der Waals surface area contributed by atoms with Crippen molar-refractivity contribution in [2.75, 3.05) is 7.11 Å². The average Bonchev–Trinajstić information content (AvgIpc) is 2.71. The number of hydrogen-bond acceptors (Lipinski definition) is 6. The van der Waals surface area contributed by atoms with E-state index in [0.717, 1.165) is 0 Å². The van der Waals surface area contributed by atoms with Gasteiger partial charge in [-0.1, -0.05) is 11.8 Å². The predicted octanol–water partition coefficient (Wildman–Crippen LogP) is 1.34. The van der Waals surface area contributed by atoms with Crippen LogP contribution >= 0.6 is 11.8 Å². The van der Waals surface area contributed by atoms with E-state index in [1.54, 1.807) is 26.2 Å². The lowest BCUT2D eigenvalue weighted by Gasteiger charge is -2.02. The van der Waals surface area contributed by atoms with Gasteiger partial charge in [0.2, 0.25) is 5.91 Å². The molecule has 0 aromatic heterocycles. The number of phenolic OH excluding ortho intramolecular Hbond substituents is 1. The van der Waals surface area contributed by atoms with Gasteiger partial charge in [-0.05, 0) is 25.1 Å². The second-order valence-corrected chi connectivity index (χ2v) is 5.15. The molecule has 7 heteroatoms. The number of amides is 1. The molecule has 19 heavy (non-hydrogen) atoms. The van der Waals surface area contributed by atoms with Crippen LogP contribution in [0.15, 0.2) is 28.4 Å². The first kappa shape index (κ1) is 13.4. The van der Waals surface area contributed by atoms with E-state index in [0.29, 0.717) is 16.5 Å². The fourth-order valence-electron chi connectivity index (χ4n) is 1.41. The molecule has 1 aromatic carbocycles. The Morgan fingerprint density at radius 2 is 2.32 bits per heavy atom. The molecule has 1 aliphatic rings. The quantitative estimate of drug-likeness (QED) is 0.646.